The third kappa shape index (κ3) is 7.70. The smallest absolute Gasteiger partial charge is 0.352 e. The molecule has 4 rings (SSSR count). The van der Waals surface area contributed by atoms with E-state index < -0.39 is 40.3 Å². The first-order valence-electron chi connectivity index (χ1n) is 13.9. The number of hydrogen-bond donors (Lipinski definition) is 1. The van der Waals surface area contributed by atoms with Gasteiger partial charge in [-0.25, -0.2) is 8.42 Å². The van der Waals surface area contributed by atoms with Gasteiger partial charge in [0.2, 0.25) is 11.8 Å². The van der Waals surface area contributed by atoms with Crippen molar-refractivity contribution >= 4 is 27.5 Å². The van der Waals surface area contributed by atoms with E-state index in [0.717, 1.165) is 44.2 Å². The predicted octanol–water partition coefficient (Wildman–Crippen LogP) is 5.77. The second-order valence-corrected chi connectivity index (χ2v) is 12.3. The number of nitrogens with one attached hydrogen (secondary N) is 1. The first-order valence-corrected chi connectivity index (χ1v) is 15.3. The van der Waals surface area contributed by atoms with Crippen LogP contribution in [0.2, 0.25) is 0 Å². The van der Waals surface area contributed by atoms with Crippen LogP contribution < -0.4 is 9.62 Å². The van der Waals surface area contributed by atoms with Crippen LogP contribution in [0.4, 0.5) is 18.9 Å². The van der Waals surface area contributed by atoms with Crippen LogP contribution >= 0.6 is 0 Å². The first kappa shape index (κ1) is 31.1. The van der Waals surface area contributed by atoms with E-state index in [1.165, 1.54) is 35.2 Å². The fourth-order valence-electron chi connectivity index (χ4n) is 5.02. The Morgan fingerprint density at radius 2 is 1.52 bits per heavy atom. The molecule has 0 aromatic heterocycles. The number of rotatable bonds is 10. The summed E-state index contributed by atoms with van der Waals surface area (Å²) in [5.74, 6) is -1.11. The molecule has 1 aliphatic rings. The third-order valence-corrected chi connectivity index (χ3v) is 9.17. The largest absolute Gasteiger partial charge is 0.416 e. The van der Waals surface area contributed by atoms with Gasteiger partial charge in [0.1, 0.15) is 12.6 Å². The fraction of sp³-hybridized carbons (Fsp3) is 0.355. The minimum atomic E-state index is -4.73. The minimum absolute atomic E-state index is 0.000736. The van der Waals surface area contributed by atoms with Gasteiger partial charge in [-0.2, -0.15) is 13.2 Å². The van der Waals surface area contributed by atoms with E-state index in [2.05, 4.69) is 5.32 Å². The van der Waals surface area contributed by atoms with Crippen molar-refractivity contribution in [3.8, 4) is 0 Å². The summed E-state index contributed by atoms with van der Waals surface area (Å²) in [6, 6.07) is 19.0. The van der Waals surface area contributed by atoms with Crippen molar-refractivity contribution in [2.24, 2.45) is 0 Å². The molecule has 1 aliphatic carbocycles. The molecule has 7 nitrogen and oxygen atoms in total. The van der Waals surface area contributed by atoms with E-state index in [4.69, 9.17) is 0 Å². The molecule has 0 spiro atoms. The fourth-order valence-corrected chi connectivity index (χ4v) is 6.44. The van der Waals surface area contributed by atoms with Gasteiger partial charge in [-0.3, -0.25) is 13.9 Å². The van der Waals surface area contributed by atoms with Crippen molar-refractivity contribution in [2.45, 2.75) is 68.7 Å². The Balaban J connectivity index is 1.70. The topological polar surface area (TPSA) is 86.8 Å². The molecule has 42 heavy (non-hydrogen) atoms. The van der Waals surface area contributed by atoms with Gasteiger partial charge >= 0.3 is 6.18 Å². The maximum atomic E-state index is 13.9. The Morgan fingerprint density at radius 3 is 2.14 bits per heavy atom. The summed E-state index contributed by atoms with van der Waals surface area (Å²) >= 11 is 0. The number of halogens is 3. The summed E-state index contributed by atoms with van der Waals surface area (Å²) in [6.07, 6.45) is 0.0348. The standard InChI is InChI=1S/C31H34F3N3O4S/c1-23(30(39)35-26-15-7-3-8-16-26)36(21-24-12-5-2-6-13-24)29(38)22-37(42(40,41)28-18-9-4-10-19-28)27-17-11-14-25(20-27)31(32,33)34/h2,4-6,9-14,17-20,23,26H,3,7-8,15-16,21-22H2,1H3,(H,35,39)/t23-/m0/s1. The zero-order valence-electron chi connectivity index (χ0n) is 23.3. The second kappa shape index (κ2) is 13.4. The number of nitrogens with zero attached hydrogens (tertiary/aromatic N) is 2. The molecule has 3 aromatic rings. The Hall–Kier alpha value is -3.86. The van der Waals surface area contributed by atoms with Crippen molar-refractivity contribution in [1.82, 2.24) is 10.2 Å². The van der Waals surface area contributed by atoms with E-state index in [1.807, 2.05) is 0 Å². The van der Waals surface area contributed by atoms with E-state index in [9.17, 15) is 31.2 Å². The molecule has 1 fully saturated rings. The molecule has 0 bridgehead atoms. The number of anilines is 1. The zero-order valence-corrected chi connectivity index (χ0v) is 24.1. The summed E-state index contributed by atoms with van der Waals surface area (Å²) < 4.78 is 69.0. The average Bonchev–Trinajstić information content (AvgIpc) is 2.99. The highest BCUT2D eigenvalue weighted by Gasteiger charge is 2.35. The number of hydrogen-bond acceptors (Lipinski definition) is 4. The SMILES string of the molecule is C[C@@H](C(=O)NC1CCCCC1)N(Cc1ccccc1)C(=O)CN(c1cccc(C(F)(F)F)c1)S(=O)(=O)c1ccccc1. The monoisotopic (exact) mass is 601 g/mol. The number of benzene rings is 3. The highest BCUT2D eigenvalue weighted by Crippen LogP contribution is 2.33. The Morgan fingerprint density at radius 1 is 0.905 bits per heavy atom. The molecule has 1 N–H and O–H groups in total. The third-order valence-electron chi connectivity index (χ3n) is 7.39. The molecule has 1 atom stereocenters. The van der Waals surface area contributed by atoms with Gasteiger partial charge in [-0.1, -0.05) is 73.9 Å². The molecule has 0 aliphatic heterocycles. The minimum Gasteiger partial charge on any atom is -0.352 e. The van der Waals surface area contributed by atoms with E-state index in [-0.39, 0.29) is 29.1 Å². The molecule has 3 aromatic carbocycles. The van der Waals surface area contributed by atoms with Crippen LogP contribution in [0.25, 0.3) is 0 Å². The molecule has 0 radical (unpaired) electrons. The maximum Gasteiger partial charge on any atom is 0.416 e. The summed E-state index contributed by atoms with van der Waals surface area (Å²) in [7, 11) is -4.47. The van der Waals surface area contributed by atoms with Gasteiger partial charge in [-0.15, -0.1) is 0 Å². The molecule has 0 unspecified atom stereocenters. The summed E-state index contributed by atoms with van der Waals surface area (Å²) in [5.41, 5.74) is -0.664. The highest BCUT2D eigenvalue weighted by molar-refractivity contribution is 7.92. The Bertz CT molecular complexity index is 1460. The molecular weight excluding hydrogens is 567 g/mol. The molecule has 1 saturated carbocycles. The molecule has 11 heteroatoms. The molecule has 0 heterocycles. The van der Waals surface area contributed by atoms with Crippen LogP contribution in [-0.4, -0.2) is 43.8 Å². The van der Waals surface area contributed by atoms with Crippen LogP contribution in [-0.2, 0) is 32.3 Å². The first-order chi connectivity index (χ1) is 20.0. The van der Waals surface area contributed by atoms with Crippen LogP contribution in [0.3, 0.4) is 0 Å². The summed E-state index contributed by atoms with van der Waals surface area (Å²) in [5, 5.41) is 3.02. The van der Waals surface area contributed by atoms with Gasteiger partial charge < -0.3 is 10.2 Å². The van der Waals surface area contributed by atoms with Crippen molar-refractivity contribution in [3.05, 3.63) is 96.1 Å². The lowest BCUT2D eigenvalue weighted by Gasteiger charge is -2.33. The van der Waals surface area contributed by atoms with E-state index in [1.54, 1.807) is 43.3 Å². The van der Waals surface area contributed by atoms with Crippen LogP contribution in [0.1, 0.15) is 50.2 Å². The van der Waals surface area contributed by atoms with Crippen LogP contribution in [0.15, 0.2) is 89.8 Å². The van der Waals surface area contributed by atoms with Gasteiger partial charge in [0.15, 0.2) is 0 Å². The lowest BCUT2D eigenvalue weighted by Crippen LogP contribution is -2.53. The Kier molecular flexibility index (Phi) is 9.93. The number of amides is 2. The van der Waals surface area contributed by atoms with Gasteiger partial charge in [0.05, 0.1) is 16.1 Å². The van der Waals surface area contributed by atoms with E-state index in [0.29, 0.717) is 15.9 Å². The van der Waals surface area contributed by atoms with Gasteiger partial charge in [0, 0.05) is 12.6 Å². The van der Waals surface area contributed by atoms with Crippen LogP contribution in [0.5, 0.6) is 0 Å². The zero-order chi connectivity index (χ0) is 30.3. The van der Waals surface area contributed by atoms with Crippen molar-refractivity contribution in [3.63, 3.8) is 0 Å². The van der Waals surface area contributed by atoms with Gasteiger partial charge in [0.25, 0.3) is 10.0 Å². The average molecular weight is 602 g/mol. The Labute approximate surface area is 244 Å². The summed E-state index contributed by atoms with van der Waals surface area (Å²) in [4.78, 5) is 28.3. The second-order valence-electron chi connectivity index (χ2n) is 10.4. The van der Waals surface area contributed by atoms with E-state index >= 15 is 0 Å². The summed E-state index contributed by atoms with van der Waals surface area (Å²) in [6.45, 7) is 0.756. The van der Waals surface area contributed by atoms with Crippen molar-refractivity contribution in [1.29, 1.82) is 0 Å². The van der Waals surface area contributed by atoms with Crippen molar-refractivity contribution in [2.75, 3.05) is 10.8 Å². The number of sulfonamides is 1. The number of alkyl halides is 3. The van der Waals surface area contributed by atoms with Gasteiger partial charge in [-0.05, 0) is 55.7 Å². The number of carbonyl (C=O) groups is 2. The molecular formula is C31H34F3N3O4S. The predicted molar refractivity (Wildman–Crippen MR) is 154 cm³/mol. The molecule has 224 valence electrons. The van der Waals surface area contributed by atoms with Crippen molar-refractivity contribution < 1.29 is 31.2 Å². The quantitative estimate of drug-likeness (QED) is 0.320. The van der Waals surface area contributed by atoms with Crippen LogP contribution in [0, 0.1) is 0 Å². The lowest BCUT2D eigenvalue weighted by molar-refractivity contribution is -0.139. The normalized spacial score (nSPS) is 15.0. The number of carbonyl (C=O) groups excluding carboxylic acids is 2. The maximum absolute atomic E-state index is 13.9. The molecule has 0 saturated heterocycles. The highest BCUT2D eigenvalue weighted by atomic mass is 32.2. The molecule has 2 amide bonds. The lowest BCUT2D eigenvalue weighted by atomic mass is 9.95.